The SMILES string of the molecule is NCC[C@H](O)C(=O)N[C@@H]1C[C@H](N)[C@@H](O[C@H]2O[C@H](CN)[C@@H](O)[C@H](O)[C@H]2O)[C@H](O)[C@H]1O[C@H]1O[C@H](CO)[C@@H](OC2OC(C(=O)O)C(O)C(O)C2O)[C@H](N)[C@H]1O. The van der Waals surface area contributed by atoms with Gasteiger partial charge in [-0.15, -0.1) is 0 Å². The van der Waals surface area contributed by atoms with E-state index in [2.05, 4.69) is 5.32 Å². The smallest absolute Gasteiger partial charge is 0.335 e. The Hall–Kier alpha value is -1.86. The van der Waals surface area contributed by atoms with Crippen molar-refractivity contribution in [1.82, 2.24) is 5.32 Å². The summed E-state index contributed by atoms with van der Waals surface area (Å²) in [5.41, 5.74) is 23.6. The molecule has 1 amide bonds. The van der Waals surface area contributed by atoms with Crippen molar-refractivity contribution in [3.8, 4) is 0 Å². The Morgan fingerprint density at radius 2 is 1.25 bits per heavy atom. The summed E-state index contributed by atoms with van der Waals surface area (Å²) in [6.45, 7) is -1.25. The molecular formula is C28H51N5O19. The number of hydrogen-bond acceptors (Lipinski definition) is 22. The van der Waals surface area contributed by atoms with Crippen LogP contribution in [0.1, 0.15) is 12.8 Å². The van der Waals surface area contributed by atoms with Gasteiger partial charge < -0.3 is 113 Å². The lowest BCUT2D eigenvalue weighted by Gasteiger charge is -2.49. The fourth-order valence-corrected chi connectivity index (χ4v) is 6.55. The topological polar surface area (TPSA) is 428 Å². The molecule has 0 radical (unpaired) electrons. The normalized spacial score (nSPS) is 47.8. The van der Waals surface area contributed by atoms with Crippen LogP contribution >= 0.6 is 0 Å². The van der Waals surface area contributed by atoms with E-state index in [4.69, 9.17) is 51.4 Å². The van der Waals surface area contributed by atoms with Crippen molar-refractivity contribution in [3.05, 3.63) is 0 Å². The number of ether oxygens (including phenoxy) is 6. The Bertz CT molecular complexity index is 1180. The van der Waals surface area contributed by atoms with Crippen molar-refractivity contribution in [2.75, 3.05) is 19.7 Å². The lowest BCUT2D eigenvalue weighted by molar-refractivity contribution is -0.353. The molecule has 1 saturated carbocycles. The van der Waals surface area contributed by atoms with E-state index >= 15 is 0 Å². The van der Waals surface area contributed by atoms with Crippen LogP contribution in [0, 0.1) is 0 Å². The number of carboxylic acid groups (broad SMARTS) is 1. The summed E-state index contributed by atoms with van der Waals surface area (Å²) in [5, 5.41) is 117. The van der Waals surface area contributed by atoms with E-state index < -0.39 is 147 Å². The van der Waals surface area contributed by atoms with Gasteiger partial charge in [0.1, 0.15) is 85.5 Å². The minimum absolute atomic E-state index is 0.0590. The quantitative estimate of drug-likeness (QED) is 0.0828. The van der Waals surface area contributed by atoms with Gasteiger partial charge in [0.05, 0.1) is 18.7 Å². The minimum atomic E-state index is -2.05. The zero-order valence-corrected chi connectivity index (χ0v) is 27.7. The summed E-state index contributed by atoms with van der Waals surface area (Å²) in [6, 6.07) is -3.98. The molecule has 21 atom stereocenters. The maximum atomic E-state index is 12.8. The van der Waals surface area contributed by atoms with Crippen molar-refractivity contribution in [3.63, 3.8) is 0 Å². The summed E-state index contributed by atoms with van der Waals surface area (Å²) in [6.07, 6.45) is -32.0. The summed E-state index contributed by atoms with van der Waals surface area (Å²) in [5.74, 6) is -2.63. The number of aliphatic hydroxyl groups excluding tert-OH is 10. The number of amides is 1. The Morgan fingerprint density at radius 3 is 1.83 bits per heavy atom. The molecule has 52 heavy (non-hydrogen) atoms. The number of carboxylic acids is 1. The Labute approximate surface area is 295 Å². The number of carbonyl (C=O) groups excluding carboxylic acids is 1. The van der Waals surface area contributed by atoms with Crippen LogP contribution in [0.4, 0.5) is 0 Å². The second kappa shape index (κ2) is 18.2. The average Bonchev–Trinajstić information content (AvgIpc) is 3.10. The summed E-state index contributed by atoms with van der Waals surface area (Å²) >= 11 is 0. The predicted molar refractivity (Wildman–Crippen MR) is 165 cm³/mol. The first-order valence-corrected chi connectivity index (χ1v) is 16.6. The standard InChI is InChI=1S/C28H51N5O19/c29-2-1-8(35)24(44)33-7-3-6(31)20(49-27-17(41)14(38)12(36)9(4-30)47-27)19(43)21(7)50-26-13(37)11(32)22(10(5-34)48-26)51-28-18(42)15(39)16(40)23(52-28)25(45)46/h6-23,26-28,34-43H,1-5,29-32H2,(H,33,44)(H,45,46)/t6-,7+,8-,9+,10+,11+,12+,13+,14-,15?,16?,17+,18?,19-,20+,21-,22+,23?,26+,27+,28?/m0/s1. The lowest BCUT2D eigenvalue weighted by Crippen LogP contribution is -2.70. The largest absolute Gasteiger partial charge is 0.479 e. The average molecular weight is 762 g/mol. The summed E-state index contributed by atoms with van der Waals surface area (Å²) in [4.78, 5) is 24.3. The zero-order valence-electron chi connectivity index (χ0n) is 27.7. The molecule has 0 spiro atoms. The number of nitrogens with one attached hydrogen (secondary N) is 1. The van der Waals surface area contributed by atoms with Gasteiger partial charge >= 0.3 is 5.97 Å². The third-order valence-corrected chi connectivity index (χ3v) is 9.58. The molecule has 4 aliphatic rings. The third kappa shape index (κ3) is 8.98. The maximum absolute atomic E-state index is 12.8. The number of nitrogens with two attached hydrogens (primary N) is 4. The van der Waals surface area contributed by atoms with Gasteiger partial charge in [-0.3, -0.25) is 4.79 Å². The van der Waals surface area contributed by atoms with Crippen LogP contribution in [0.2, 0.25) is 0 Å². The molecule has 3 saturated heterocycles. The van der Waals surface area contributed by atoms with Crippen molar-refractivity contribution in [2.24, 2.45) is 22.9 Å². The molecule has 20 N–H and O–H groups in total. The number of carbonyl (C=O) groups is 2. The molecule has 4 rings (SSSR count). The van der Waals surface area contributed by atoms with Gasteiger partial charge in [0, 0.05) is 12.6 Å². The molecule has 4 fully saturated rings. The van der Waals surface area contributed by atoms with Crippen LogP contribution in [-0.4, -0.2) is 216 Å². The highest BCUT2D eigenvalue weighted by Gasteiger charge is 2.55. The van der Waals surface area contributed by atoms with Crippen LogP contribution in [-0.2, 0) is 38.0 Å². The van der Waals surface area contributed by atoms with Gasteiger partial charge in [-0.1, -0.05) is 0 Å². The summed E-state index contributed by atoms with van der Waals surface area (Å²) in [7, 11) is 0. The van der Waals surface area contributed by atoms with Gasteiger partial charge in [-0.05, 0) is 19.4 Å². The number of aliphatic carboxylic acids is 1. The molecule has 0 bridgehead atoms. The Kier molecular flexibility index (Phi) is 15.0. The van der Waals surface area contributed by atoms with Crippen molar-refractivity contribution in [2.45, 2.75) is 141 Å². The van der Waals surface area contributed by atoms with Gasteiger partial charge in [-0.2, -0.15) is 0 Å². The molecule has 302 valence electrons. The fourth-order valence-electron chi connectivity index (χ4n) is 6.55. The van der Waals surface area contributed by atoms with E-state index in [9.17, 15) is 65.8 Å². The fraction of sp³-hybridized carbons (Fsp3) is 0.929. The highest BCUT2D eigenvalue weighted by molar-refractivity contribution is 5.80. The monoisotopic (exact) mass is 761 g/mol. The van der Waals surface area contributed by atoms with E-state index in [1.54, 1.807) is 0 Å². The molecule has 0 aromatic rings. The first-order chi connectivity index (χ1) is 24.5. The molecule has 24 nitrogen and oxygen atoms in total. The van der Waals surface area contributed by atoms with Crippen LogP contribution in [0.25, 0.3) is 0 Å². The van der Waals surface area contributed by atoms with E-state index in [1.807, 2.05) is 0 Å². The van der Waals surface area contributed by atoms with Crippen molar-refractivity contribution >= 4 is 11.9 Å². The van der Waals surface area contributed by atoms with Crippen LogP contribution in [0.3, 0.4) is 0 Å². The Morgan fingerprint density at radius 1 is 0.712 bits per heavy atom. The first kappa shape index (κ1) is 42.9. The minimum Gasteiger partial charge on any atom is -0.479 e. The van der Waals surface area contributed by atoms with Crippen LogP contribution in [0.5, 0.6) is 0 Å². The van der Waals surface area contributed by atoms with Crippen molar-refractivity contribution < 1.29 is 94.2 Å². The van der Waals surface area contributed by atoms with Crippen molar-refractivity contribution in [1.29, 1.82) is 0 Å². The Balaban J connectivity index is 1.56. The van der Waals surface area contributed by atoms with Gasteiger partial charge in [0.15, 0.2) is 25.0 Å². The van der Waals surface area contributed by atoms with E-state index in [-0.39, 0.29) is 25.9 Å². The molecule has 0 aromatic heterocycles. The lowest BCUT2D eigenvalue weighted by atomic mass is 9.83. The van der Waals surface area contributed by atoms with Crippen LogP contribution in [0.15, 0.2) is 0 Å². The highest BCUT2D eigenvalue weighted by atomic mass is 16.7. The molecule has 0 aromatic carbocycles. The first-order valence-electron chi connectivity index (χ1n) is 16.6. The zero-order chi connectivity index (χ0) is 38.8. The predicted octanol–water partition coefficient (Wildman–Crippen LogP) is -10.5. The third-order valence-electron chi connectivity index (χ3n) is 9.58. The molecule has 3 heterocycles. The number of rotatable bonds is 13. The number of hydrogen-bond donors (Lipinski definition) is 16. The second-order valence-electron chi connectivity index (χ2n) is 13.2. The molecule has 1 aliphatic carbocycles. The molecular weight excluding hydrogens is 710 g/mol. The van der Waals surface area contributed by atoms with Gasteiger partial charge in [-0.25, -0.2) is 4.79 Å². The molecule has 3 aliphatic heterocycles. The maximum Gasteiger partial charge on any atom is 0.335 e. The van der Waals surface area contributed by atoms with Crippen LogP contribution < -0.4 is 28.3 Å². The van der Waals surface area contributed by atoms with Gasteiger partial charge in [0.25, 0.3) is 0 Å². The van der Waals surface area contributed by atoms with Gasteiger partial charge in [0.2, 0.25) is 5.91 Å². The molecule has 5 unspecified atom stereocenters. The number of aliphatic hydroxyl groups is 10. The molecule has 24 heteroatoms. The van der Waals surface area contributed by atoms with E-state index in [0.717, 1.165) is 0 Å². The second-order valence-corrected chi connectivity index (χ2v) is 13.2. The summed E-state index contributed by atoms with van der Waals surface area (Å²) < 4.78 is 33.6. The highest BCUT2D eigenvalue weighted by Crippen LogP contribution is 2.34. The van der Waals surface area contributed by atoms with E-state index in [1.165, 1.54) is 0 Å². The van der Waals surface area contributed by atoms with E-state index in [0.29, 0.717) is 0 Å².